The van der Waals surface area contributed by atoms with Crippen LogP contribution in [-0.2, 0) is 12.8 Å². The van der Waals surface area contributed by atoms with Crippen LogP contribution in [0, 0.1) is 5.41 Å². The van der Waals surface area contributed by atoms with E-state index in [1.165, 1.54) is 17.7 Å². The summed E-state index contributed by atoms with van der Waals surface area (Å²) in [4.78, 5) is 2.64. The van der Waals surface area contributed by atoms with Crippen LogP contribution in [-0.4, -0.2) is 6.54 Å². The van der Waals surface area contributed by atoms with Gasteiger partial charge in [0.25, 0.3) is 0 Å². The molecule has 0 radical (unpaired) electrons. The van der Waals surface area contributed by atoms with Gasteiger partial charge in [-0.1, -0.05) is 56.3 Å². The molecular weight excluding hydrogens is 242 g/mol. The van der Waals surface area contributed by atoms with Crippen LogP contribution in [0.3, 0.4) is 0 Å². The molecule has 1 atom stereocenters. The van der Waals surface area contributed by atoms with Crippen molar-refractivity contribution in [3.8, 4) is 0 Å². The zero-order chi connectivity index (χ0) is 13.7. The minimum atomic E-state index is 0.283. The average molecular weight is 263 g/mol. The monoisotopic (exact) mass is 263 g/mol. The van der Waals surface area contributed by atoms with Crippen LogP contribution in [0.1, 0.15) is 36.6 Å². The van der Waals surface area contributed by atoms with Gasteiger partial charge in [0.1, 0.15) is 0 Å². The van der Waals surface area contributed by atoms with E-state index in [0.29, 0.717) is 6.04 Å². The summed E-state index contributed by atoms with van der Waals surface area (Å²) < 4.78 is 0. The smallest absolute Gasteiger partial charge is 0.0599 e. The second-order valence-electron chi connectivity index (χ2n) is 6.84. The lowest BCUT2D eigenvalue weighted by molar-refractivity contribution is 0.251. The molecular formula is C19H21N. The first-order valence-electron chi connectivity index (χ1n) is 7.59. The number of rotatable bonds is 0. The summed E-state index contributed by atoms with van der Waals surface area (Å²) in [5, 5.41) is 0. The molecule has 2 aromatic carbocycles. The molecule has 1 nitrogen and oxygen atoms in total. The van der Waals surface area contributed by atoms with Gasteiger partial charge < -0.3 is 4.90 Å². The lowest BCUT2D eigenvalue weighted by Crippen LogP contribution is -2.47. The summed E-state index contributed by atoms with van der Waals surface area (Å²) in [6.45, 7) is 5.98. The van der Waals surface area contributed by atoms with Gasteiger partial charge in [-0.05, 0) is 41.0 Å². The second-order valence-corrected chi connectivity index (χ2v) is 6.84. The molecule has 2 heterocycles. The van der Waals surface area contributed by atoms with Crippen molar-refractivity contribution < 1.29 is 0 Å². The molecule has 0 saturated carbocycles. The van der Waals surface area contributed by atoms with Crippen molar-refractivity contribution >= 4 is 5.69 Å². The molecule has 2 aromatic rings. The molecule has 20 heavy (non-hydrogen) atoms. The van der Waals surface area contributed by atoms with Crippen LogP contribution >= 0.6 is 0 Å². The highest BCUT2D eigenvalue weighted by molar-refractivity contribution is 5.60. The highest BCUT2D eigenvalue weighted by Gasteiger charge is 2.43. The molecule has 0 spiro atoms. The number of para-hydroxylation sites is 1. The summed E-state index contributed by atoms with van der Waals surface area (Å²) in [5.41, 5.74) is 6.32. The van der Waals surface area contributed by atoms with Gasteiger partial charge in [-0.3, -0.25) is 0 Å². The Morgan fingerprint density at radius 2 is 1.65 bits per heavy atom. The predicted octanol–water partition coefficient (Wildman–Crippen LogP) is 4.37. The first kappa shape index (κ1) is 12.0. The van der Waals surface area contributed by atoms with Crippen LogP contribution < -0.4 is 4.90 Å². The number of fused-ring (bicyclic) bond motifs is 5. The quantitative estimate of drug-likeness (QED) is 0.682. The maximum Gasteiger partial charge on any atom is 0.0599 e. The molecule has 1 heteroatoms. The molecule has 0 N–H and O–H groups in total. The third-order valence-corrected chi connectivity index (χ3v) is 4.97. The van der Waals surface area contributed by atoms with Gasteiger partial charge in [-0.15, -0.1) is 0 Å². The molecule has 0 fully saturated rings. The van der Waals surface area contributed by atoms with Crippen molar-refractivity contribution in [2.24, 2.45) is 5.41 Å². The van der Waals surface area contributed by atoms with Crippen molar-refractivity contribution in [3.63, 3.8) is 0 Å². The highest BCUT2D eigenvalue weighted by atomic mass is 15.2. The van der Waals surface area contributed by atoms with E-state index in [1.807, 2.05) is 0 Å². The van der Waals surface area contributed by atoms with Gasteiger partial charge in [-0.25, -0.2) is 0 Å². The van der Waals surface area contributed by atoms with Gasteiger partial charge in [0, 0.05) is 12.2 Å². The Labute approximate surface area is 121 Å². The Balaban J connectivity index is 1.92. The van der Waals surface area contributed by atoms with Gasteiger partial charge in [0.05, 0.1) is 6.04 Å². The van der Waals surface area contributed by atoms with Crippen molar-refractivity contribution in [3.05, 3.63) is 65.2 Å². The van der Waals surface area contributed by atoms with E-state index in [1.54, 1.807) is 11.1 Å². The molecule has 2 aliphatic rings. The Morgan fingerprint density at radius 3 is 2.50 bits per heavy atom. The average Bonchev–Trinajstić information content (AvgIpc) is 2.46. The molecule has 2 aliphatic heterocycles. The van der Waals surface area contributed by atoms with Crippen LogP contribution in [0.15, 0.2) is 48.5 Å². The SMILES string of the molecule is CC1(C)Cc2ccccc2N2CCc3ccccc3C21. The summed E-state index contributed by atoms with van der Waals surface area (Å²) in [6, 6.07) is 18.5. The Kier molecular flexibility index (Phi) is 2.47. The van der Waals surface area contributed by atoms with E-state index >= 15 is 0 Å². The number of benzene rings is 2. The zero-order valence-corrected chi connectivity index (χ0v) is 12.3. The van der Waals surface area contributed by atoms with Crippen molar-refractivity contribution in [2.45, 2.75) is 32.7 Å². The Hall–Kier alpha value is -1.76. The van der Waals surface area contributed by atoms with Crippen molar-refractivity contribution in [2.75, 3.05) is 11.4 Å². The molecule has 0 bridgehead atoms. The number of hydrogen-bond donors (Lipinski definition) is 0. The fourth-order valence-corrected chi connectivity index (χ4v) is 4.20. The standard InChI is InChI=1S/C19H21N/c1-19(2)13-15-8-4-6-10-17(15)20-12-11-14-7-3-5-9-16(14)18(19)20/h3-10,18H,11-13H2,1-2H3. The Bertz CT molecular complexity index is 656. The van der Waals surface area contributed by atoms with E-state index in [0.717, 1.165) is 13.0 Å². The van der Waals surface area contributed by atoms with Crippen LogP contribution in [0.5, 0.6) is 0 Å². The molecule has 4 rings (SSSR count). The van der Waals surface area contributed by atoms with Crippen LogP contribution in [0.25, 0.3) is 0 Å². The Morgan fingerprint density at radius 1 is 0.950 bits per heavy atom. The summed E-state index contributed by atoms with van der Waals surface area (Å²) in [7, 11) is 0. The van der Waals surface area contributed by atoms with Gasteiger partial charge in [0.15, 0.2) is 0 Å². The second kappa shape index (κ2) is 4.12. The number of nitrogens with zero attached hydrogens (tertiary/aromatic N) is 1. The van der Waals surface area contributed by atoms with E-state index < -0.39 is 0 Å². The fourth-order valence-electron chi connectivity index (χ4n) is 4.20. The fraction of sp³-hybridized carbons (Fsp3) is 0.368. The van der Waals surface area contributed by atoms with Gasteiger partial charge >= 0.3 is 0 Å². The van der Waals surface area contributed by atoms with Gasteiger partial charge in [-0.2, -0.15) is 0 Å². The summed E-state index contributed by atoms with van der Waals surface area (Å²) in [5.74, 6) is 0. The van der Waals surface area contributed by atoms with E-state index in [4.69, 9.17) is 0 Å². The first-order valence-corrected chi connectivity index (χ1v) is 7.59. The van der Waals surface area contributed by atoms with E-state index in [9.17, 15) is 0 Å². The molecule has 1 unspecified atom stereocenters. The molecule has 0 amide bonds. The molecule has 0 aliphatic carbocycles. The van der Waals surface area contributed by atoms with E-state index in [2.05, 4.69) is 67.3 Å². The minimum absolute atomic E-state index is 0.283. The molecule has 0 saturated heterocycles. The summed E-state index contributed by atoms with van der Waals surface area (Å²) in [6.07, 6.45) is 2.33. The number of hydrogen-bond acceptors (Lipinski definition) is 1. The normalized spacial score (nSPS) is 22.7. The molecule has 102 valence electrons. The van der Waals surface area contributed by atoms with Crippen LogP contribution in [0.4, 0.5) is 5.69 Å². The minimum Gasteiger partial charge on any atom is -0.363 e. The highest BCUT2D eigenvalue weighted by Crippen LogP contribution is 2.51. The lowest BCUT2D eigenvalue weighted by atomic mass is 9.69. The largest absolute Gasteiger partial charge is 0.363 e. The third kappa shape index (κ3) is 1.62. The van der Waals surface area contributed by atoms with Crippen molar-refractivity contribution in [1.29, 1.82) is 0 Å². The first-order chi connectivity index (χ1) is 9.67. The summed E-state index contributed by atoms with van der Waals surface area (Å²) >= 11 is 0. The maximum absolute atomic E-state index is 2.64. The predicted molar refractivity (Wildman–Crippen MR) is 84.2 cm³/mol. The number of anilines is 1. The lowest BCUT2D eigenvalue weighted by Gasteiger charge is -2.51. The van der Waals surface area contributed by atoms with Crippen molar-refractivity contribution in [1.82, 2.24) is 0 Å². The third-order valence-electron chi connectivity index (χ3n) is 4.97. The maximum atomic E-state index is 2.64. The topological polar surface area (TPSA) is 3.24 Å². The van der Waals surface area contributed by atoms with E-state index in [-0.39, 0.29) is 5.41 Å². The van der Waals surface area contributed by atoms with Crippen LogP contribution in [0.2, 0.25) is 0 Å². The van der Waals surface area contributed by atoms with Gasteiger partial charge in [0.2, 0.25) is 0 Å². The zero-order valence-electron chi connectivity index (χ0n) is 12.3. The molecule has 0 aromatic heterocycles.